The number of benzene rings is 3. The zero-order valence-electron chi connectivity index (χ0n) is 19.7. The molecule has 1 amide bonds. The van der Waals surface area contributed by atoms with Gasteiger partial charge >= 0.3 is 0 Å². The van der Waals surface area contributed by atoms with Gasteiger partial charge in [-0.25, -0.2) is 12.8 Å². The van der Waals surface area contributed by atoms with Crippen molar-refractivity contribution in [3.63, 3.8) is 0 Å². The number of nitrogens with one attached hydrogen (secondary N) is 1. The van der Waals surface area contributed by atoms with E-state index in [4.69, 9.17) is 4.74 Å². The predicted octanol–water partition coefficient (Wildman–Crippen LogP) is 4.91. The molecule has 1 unspecified atom stereocenters. The minimum Gasteiger partial charge on any atom is -0.494 e. The summed E-state index contributed by atoms with van der Waals surface area (Å²) in [5.41, 5.74) is 3.35. The average molecular weight is 485 g/mol. The van der Waals surface area contributed by atoms with E-state index in [1.165, 1.54) is 24.3 Å². The first kappa shape index (κ1) is 25.2. The van der Waals surface area contributed by atoms with Crippen LogP contribution in [0.2, 0.25) is 0 Å². The molecule has 0 aliphatic rings. The highest BCUT2D eigenvalue weighted by atomic mass is 32.2. The second-order valence-corrected chi connectivity index (χ2v) is 9.89. The Balaban J connectivity index is 1.87. The Kier molecular flexibility index (Phi) is 7.94. The molecular weight excluding hydrogens is 455 g/mol. The smallest absolute Gasteiger partial charge is 0.264 e. The Morgan fingerprint density at radius 1 is 1.00 bits per heavy atom. The molecule has 0 aliphatic carbocycles. The number of sulfonamides is 1. The molecule has 3 aromatic rings. The number of nitrogens with zero attached hydrogens (tertiary/aromatic N) is 1. The second kappa shape index (κ2) is 10.7. The molecule has 0 fully saturated rings. The molecular formula is C26H29FN2O4S. The zero-order valence-corrected chi connectivity index (χ0v) is 20.5. The van der Waals surface area contributed by atoms with Crippen molar-refractivity contribution in [3.8, 4) is 5.75 Å². The summed E-state index contributed by atoms with van der Waals surface area (Å²) in [6, 6.07) is 16.5. The molecule has 1 atom stereocenters. The quantitative estimate of drug-likeness (QED) is 0.468. The summed E-state index contributed by atoms with van der Waals surface area (Å²) >= 11 is 0. The Bertz CT molecular complexity index is 1240. The first-order valence-corrected chi connectivity index (χ1v) is 12.4. The van der Waals surface area contributed by atoms with Crippen molar-refractivity contribution in [2.24, 2.45) is 0 Å². The third-order valence-corrected chi connectivity index (χ3v) is 7.32. The molecule has 0 aromatic heterocycles. The number of carbonyl (C=O) groups excluding carboxylic acids is 1. The van der Waals surface area contributed by atoms with E-state index < -0.39 is 28.3 Å². The maximum atomic E-state index is 13.5. The monoisotopic (exact) mass is 484 g/mol. The lowest BCUT2D eigenvalue weighted by molar-refractivity contribution is -0.120. The fraction of sp³-hybridized carbons (Fsp3) is 0.269. The molecule has 0 radical (unpaired) electrons. The number of rotatable bonds is 9. The van der Waals surface area contributed by atoms with Gasteiger partial charge < -0.3 is 10.1 Å². The van der Waals surface area contributed by atoms with Crippen LogP contribution in [0.5, 0.6) is 5.75 Å². The summed E-state index contributed by atoms with van der Waals surface area (Å²) in [6.07, 6.45) is 0. The third kappa shape index (κ3) is 5.94. The van der Waals surface area contributed by atoms with Gasteiger partial charge in [-0.3, -0.25) is 9.10 Å². The molecule has 6 nitrogen and oxygen atoms in total. The molecule has 34 heavy (non-hydrogen) atoms. The molecule has 8 heteroatoms. The molecule has 180 valence electrons. The summed E-state index contributed by atoms with van der Waals surface area (Å²) < 4.78 is 46.8. The summed E-state index contributed by atoms with van der Waals surface area (Å²) in [5.74, 6) is -0.450. The minimum absolute atomic E-state index is 0.00436. The van der Waals surface area contributed by atoms with E-state index in [1.54, 1.807) is 12.1 Å². The number of anilines is 1. The minimum atomic E-state index is -4.11. The summed E-state index contributed by atoms with van der Waals surface area (Å²) in [6.45, 7) is 7.66. The largest absolute Gasteiger partial charge is 0.494 e. The molecule has 3 aromatic carbocycles. The van der Waals surface area contributed by atoms with Gasteiger partial charge in [-0.1, -0.05) is 18.2 Å². The van der Waals surface area contributed by atoms with Crippen LogP contribution in [0.1, 0.15) is 36.6 Å². The van der Waals surface area contributed by atoms with Gasteiger partial charge in [-0.05, 0) is 92.9 Å². The fourth-order valence-corrected chi connectivity index (χ4v) is 4.88. The summed E-state index contributed by atoms with van der Waals surface area (Å²) in [5, 5.41) is 2.86. The number of hydrogen-bond acceptors (Lipinski definition) is 4. The van der Waals surface area contributed by atoms with Crippen LogP contribution in [0.3, 0.4) is 0 Å². The Morgan fingerprint density at radius 2 is 1.65 bits per heavy atom. The van der Waals surface area contributed by atoms with Crippen molar-refractivity contribution in [1.29, 1.82) is 0 Å². The lowest BCUT2D eigenvalue weighted by Gasteiger charge is -2.25. The van der Waals surface area contributed by atoms with Crippen LogP contribution in [-0.4, -0.2) is 27.5 Å². The molecule has 0 saturated heterocycles. The van der Waals surface area contributed by atoms with E-state index in [1.807, 2.05) is 45.9 Å². The van der Waals surface area contributed by atoms with Crippen LogP contribution < -0.4 is 14.4 Å². The SMILES string of the molecule is CCOc1ccc(S(=O)(=O)N(CC(=O)NC(C)c2ccc(C)c(C)c2)c2ccc(F)cc2)cc1. The van der Waals surface area contributed by atoms with Gasteiger partial charge in [-0.2, -0.15) is 0 Å². The van der Waals surface area contributed by atoms with Gasteiger partial charge in [-0.15, -0.1) is 0 Å². The third-order valence-electron chi connectivity index (χ3n) is 5.53. The number of aryl methyl sites for hydroxylation is 2. The van der Waals surface area contributed by atoms with Crippen LogP contribution in [0.25, 0.3) is 0 Å². The van der Waals surface area contributed by atoms with Crippen LogP contribution in [0, 0.1) is 19.7 Å². The highest BCUT2D eigenvalue weighted by molar-refractivity contribution is 7.92. The zero-order chi connectivity index (χ0) is 24.9. The first-order valence-electron chi connectivity index (χ1n) is 11.0. The fourth-order valence-electron chi connectivity index (χ4n) is 3.46. The second-order valence-electron chi connectivity index (χ2n) is 8.03. The van der Waals surface area contributed by atoms with E-state index in [0.717, 1.165) is 33.1 Å². The van der Waals surface area contributed by atoms with Gasteiger partial charge in [0.25, 0.3) is 10.0 Å². The Hall–Kier alpha value is -3.39. The van der Waals surface area contributed by atoms with Crippen molar-refractivity contribution >= 4 is 21.6 Å². The standard InChI is InChI=1S/C26H29FN2O4S/c1-5-33-24-12-14-25(15-13-24)34(31,32)29(23-10-8-22(27)9-11-23)17-26(30)28-20(4)21-7-6-18(2)19(3)16-21/h6-16,20H,5,17H2,1-4H3,(H,28,30). The summed E-state index contributed by atoms with van der Waals surface area (Å²) in [4.78, 5) is 12.9. The highest BCUT2D eigenvalue weighted by Crippen LogP contribution is 2.26. The van der Waals surface area contributed by atoms with Crippen molar-refractivity contribution in [2.45, 2.75) is 38.6 Å². The van der Waals surface area contributed by atoms with Crippen LogP contribution >= 0.6 is 0 Å². The van der Waals surface area contributed by atoms with E-state index in [0.29, 0.717) is 12.4 Å². The Labute approximate surface area is 200 Å². The molecule has 0 aliphatic heterocycles. The predicted molar refractivity (Wildman–Crippen MR) is 131 cm³/mol. The Morgan fingerprint density at radius 3 is 2.24 bits per heavy atom. The van der Waals surface area contributed by atoms with Gasteiger partial charge in [0.2, 0.25) is 5.91 Å². The lowest BCUT2D eigenvalue weighted by Crippen LogP contribution is -2.41. The van der Waals surface area contributed by atoms with Gasteiger partial charge in [0, 0.05) is 0 Å². The van der Waals surface area contributed by atoms with Gasteiger partial charge in [0.05, 0.1) is 23.2 Å². The molecule has 3 rings (SSSR count). The number of amides is 1. The molecule has 0 bridgehead atoms. The maximum Gasteiger partial charge on any atom is 0.264 e. The van der Waals surface area contributed by atoms with E-state index >= 15 is 0 Å². The summed E-state index contributed by atoms with van der Waals surface area (Å²) in [7, 11) is -4.11. The average Bonchev–Trinajstić information content (AvgIpc) is 2.80. The van der Waals surface area contributed by atoms with Gasteiger partial charge in [0.15, 0.2) is 0 Å². The van der Waals surface area contributed by atoms with E-state index in [-0.39, 0.29) is 16.6 Å². The number of ether oxygens (including phenoxy) is 1. The number of hydrogen-bond donors (Lipinski definition) is 1. The molecule has 0 saturated carbocycles. The van der Waals surface area contributed by atoms with Gasteiger partial charge in [0.1, 0.15) is 18.1 Å². The first-order chi connectivity index (χ1) is 16.1. The van der Waals surface area contributed by atoms with E-state index in [9.17, 15) is 17.6 Å². The van der Waals surface area contributed by atoms with Crippen molar-refractivity contribution in [1.82, 2.24) is 5.32 Å². The van der Waals surface area contributed by atoms with Crippen molar-refractivity contribution in [3.05, 3.63) is 89.2 Å². The normalized spacial score (nSPS) is 12.1. The van der Waals surface area contributed by atoms with Crippen molar-refractivity contribution in [2.75, 3.05) is 17.5 Å². The topological polar surface area (TPSA) is 75.7 Å². The van der Waals surface area contributed by atoms with Crippen molar-refractivity contribution < 1.29 is 22.3 Å². The van der Waals surface area contributed by atoms with Crippen LogP contribution in [0.4, 0.5) is 10.1 Å². The molecule has 0 heterocycles. The number of halogens is 1. The van der Waals surface area contributed by atoms with E-state index in [2.05, 4.69) is 5.32 Å². The number of carbonyl (C=O) groups is 1. The van der Waals surface area contributed by atoms with Crippen LogP contribution in [0.15, 0.2) is 71.6 Å². The van der Waals surface area contributed by atoms with Crippen LogP contribution in [-0.2, 0) is 14.8 Å². The maximum absolute atomic E-state index is 13.5. The lowest BCUT2D eigenvalue weighted by atomic mass is 10.0. The molecule has 1 N–H and O–H groups in total. The molecule has 0 spiro atoms. The highest BCUT2D eigenvalue weighted by Gasteiger charge is 2.28.